The van der Waals surface area contributed by atoms with E-state index in [1.54, 1.807) is 6.92 Å². The van der Waals surface area contributed by atoms with Crippen LogP contribution in [-0.2, 0) is 11.3 Å². The summed E-state index contributed by atoms with van der Waals surface area (Å²) >= 11 is 3.41. The predicted molar refractivity (Wildman–Crippen MR) is 92.7 cm³/mol. The lowest BCUT2D eigenvalue weighted by atomic mass is 10.2. The van der Waals surface area contributed by atoms with Gasteiger partial charge in [0.2, 0.25) is 0 Å². The Morgan fingerprint density at radius 1 is 1.26 bits per heavy atom. The smallest absolute Gasteiger partial charge is 0.427 e. The Kier molecular flexibility index (Phi) is 6.62. The Balaban J connectivity index is 2.04. The molecular formula is C17H17BrN2O3. The van der Waals surface area contributed by atoms with Crippen molar-refractivity contribution in [3.8, 4) is 5.75 Å². The minimum Gasteiger partial charge on any atom is -0.488 e. The fraction of sp³-hybridized carbons (Fsp3) is 0.176. The maximum absolute atomic E-state index is 11.2. The van der Waals surface area contributed by atoms with Crippen LogP contribution in [0.15, 0.2) is 58.1 Å². The number of rotatable bonds is 6. The van der Waals surface area contributed by atoms with Gasteiger partial charge in [0.15, 0.2) is 0 Å². The lowest BCUT2D eigenvalue weighted by Gasteiger charge is -2.09. The number of amides is 1. The largest absolute Gasteiger partial charge is 0.488 e. The average molecular weight is 377 g/mol. The Morgan fingerprint density at radius 3 is 2.78 bits per heavy atom. The molecule has 2 aromatic carbocycles. The molecule has 0 spiro atoms. The fourth-order valence-electron chi connectivity index (χ4n) is 1.80. The first kappa shape index (κ1) is 17.0. The first-order chi connectivity index (χ1) is 11.2. The quantitative estimate of drug-likeness (QED) is 0.609. The molecule has 0 saturated carbocycles. The van der Waals surface area contributed by atoms with Gasteiger partial charge >= 0.3 is 6.09 Å². The molecule has 6 heteroatoms. The lowest BCUT2D eigenvalue weighted by Crippen LogP contribution is -2.18. The number of carbonyl (C=O) groups excluding carboxylic acids is 1. The van der Waals surface area contributed by atoms with E-state index in [9.17, 15) is 4.79 Å². The van der Waals surface area contributed by atoms with E-state index in [-0.39, 0.29) is 0 Å². The molecular weight excluding hydrogens is 360 g/mol. The van der Waals surface area contributed by atoms with Crippen LogP contribution in [-0.4, -0.2) is 18.9 Å². The van der Waals surface area contributed by atoms with Crippen molar-refractivity contribution in [3.63, 3.8) is 0 Å². The van der Waals surface area contributed by atoms with Gasteiger partial charge in [-0.1, -0.05) is 46.3 Å². The van der Waals surface area contributed by atoms with E-state index in [1.165, 1.54) is 6.21 Å². The van der Waals surface area contributed by atoms with Crippen LogP contribution in [0.1, 0.15) is 18.1 Å². The first-order valence-corrected chi connectivity index (χ1v) is 7.90. The molecule has 0 saturated heterocycles. The minimum atomic E-state index is -0.592. The third kappa shape index (κ3) is 5.75. The summed E-state index contributed by atoms with van der Waals surface area (Å²) in [7, 11) is 0. The first-order valence-electron chi connectivity index (χ1n) is 7.11. The number of ether oxygens (including phenoxy) is 2. The van der Waals surface area contributed by atoms with Crippen molar-refractivity contribution in [3.05, 3.63) is 64.1 Å². The number of carbonyl (C=O) groups is 1. The number of hydrogen-bond donors (Lipinski definition) is 1. The number of hydrazone groups is 1. The number of nitrogens with zero attached hydrogens (tertiary/aromatic N) is 1. The van der Waals surface area contributed by atoms with Crippen LogP contribution >= 0.6 is 15.9 Å². The van der Waals surface area contributed by atoms with Gasteiger partial charge in [-0.2, -0.15) is 5.10 Å². The molecule has 0 unspecified atom stereocenters. The fourth-order valence-corrected chi connectivity index (χ4v) is 2.18. The van der Waals surface area contributed by atoms with Gasteiger partial charge in [0, 0.05) is 10.0 Å². The van der Waals surface area contributed by atoms with E-state index >= 15 is 0 Å². The number of benzene rings is 2. The van der Waals surface area contributed by atoms with Crippen molar-refractivity contribution in [1.82, 2.24) is 5.43 Å². The summed E-state index contributed by atoms with van der Waals surface area (Å²) in [5.74, 6) is 0.673. The summed E-state index contributed by atoms with van der Waals surface area (Å²) in [5.41, 5.74) is 4.10. The van der Waals surface area contributed by atoms with Gasteiger partial charge in [0.25, 0.3) is 0 Å². The van der Waals surface area contributed by atoms with Crippen LogP contribution in [0.25, 0.3) is 0 Å². The summed E-state index contributed by atoms with van der Waals surface area (Å²) in [5, 5.41) is 3.87. The van der Waals surface area contributed by atoms with Crippen molar-refractivity contribution < 1.29 is 14.3 Å². The molecule has 0 aromatic heterocycles. The molecule has 1 amide bonds. The highest BCUT2D eigenvalue weighted by molar-refractivity contribution is 9.10. The van der Waals surface area contributed by atoms with Crippen LogP contribution in [0.3, 0.4) is 0 Å². The number of nitrogens with one attached hydrogen (secondary N) is 1. The highest BCUT2D eigenvalue weighted by Gasteiger charge is 2.04. The van der Waals surface area contributed by atoms with Crippen LogP contribution < -0.4 is 10.2 Å². The van der Waals surface area contributed by atoms with Gasteiger partial charge in [-0.25, -0.2) is 10.2 Å². The molecule has 0 fully saturated rings. The Hall–Kier alpha value is -2.34. The molecule has 0 aliphatic heterocycles. The van der Waals surface area contributed by atoms with Crippen molar-refractivity contribution in [2.75, 3.05) is 6.61 Å². The van der Waals surface area contributed by atoms with Gasteiger partial charge in [-0.05, 0) is 30.7 Å². The molecule has 0 aliphatic carbocycles. The molecule has 0 atom stereocenters. The summed E-state index contributed by atoms with van der Waals surface area (Å²) < 4.78 is 11.5. The van der Waals surface area contributed by atoms with E-state index in [0.717, 1.165) is 15.6 Å². The normalized spacial score (nSPS) is 10.5. The second-order valence-corrected chi connectivity index (χ2v) is 5.46. The maximum atomic E-state index is 11.2. The van der Waals surface area contributed by atoms with E-state index in [4.69, 9.17) is 9.47 Å². The van der Waals surface area contributed by atoms with E-state index in [0.29, 0.717) is 19.0 Å². The predicted octanol–water partition coefficient (Wildman–Crippen LogP) is 4.11. The second-order valence-electron chi connectivity index (χ2n) is 4.55. The van der Waals surface area contributed by atoms with E-state index in [1.807, 2.05) is 48.5 Å². The van der Waals surface area contributed by atoms with Gasteiger partial charge in [-0.15, -0.1) is 0 Å². The number of halogens is 1. The minimum absolute atomic E-state index is 0.295. The Labute approximate surface area is 143 Å². The van der Waals surface area contributed by atoms with Gasteiger partial charge in [0.1, 0.15) is 12.4 Å². The molecule has 0 bridgehead atoms. The monoisotopic (exact) mass is 376 g/mol. The van der Waals surface area contributed by atoms with E-state index in [2.05, 4.69) is 26.5 Å². The molecule has 0 radical (unpaired) electrons. The zero-order valence-corrected chi connectivity index (χ0v) is 14.2. The third-order valence-corrected chi connectivity index (χ3v) is 3.34. The van der Waals surface area contributed by atoms with Gasteiger partial charge in [-0.3, -0.25) is 0 Å². The molecule has 2 aromatic rings. The molecule has 5 nitrogen and oxygen atoms in total. The van der Waals surface area contributed by atoms with Gasteiger partial charge < -0.3 is 9.47 Å². The Bertz CT molecular complexity index is 675. The molecule has 23 heavy (non-hydrogen) atoms. The van der Waals surface area contributed by atoms with Crippen molar-refractivity contribution in [1.29, 1.82) is 0 Å². The van der Waals surface area contributed by atoms with Gasteiger partial charge in [0.05, 0.1) is 12.8 Å². The summed E-state index contributed by atoms with van der Waals surface area (Å²) in [6.45, 7) is 2.48. The van der Waals surface area contributed by atoms with Crippen LogP contribution in [0.4, 0.5) is 4.79 Å². The molecule has 0 aliphatic rings. The third-order valence-electron chi connectivity index (χ3n) is 2.84. The molecule has 2 rings (SSSR count). The van der Waals surface area contributed by atoms with Crippen molar-refractivity contribution in [2.24, 2.45) is 5.10 Å². The SMILES string of the molecule is CCOC(=O)N/N=C\c1cc(Br)ccc1OCc1ccccc1. The Morgan fingerprint density at radius 2 is 2.04 bits per heavy atom. The highest BCUT2D eigenvalue weighted by atomic mass is 79.9. The van der Waals surface area contributed by atoms with Crippen molar-refractivity contribution >= 4 is 28.2 Å². The lowest BCUT2D eigenvalue weighted by molar-refractivity contribution is 0.152. The zero-order valence-electron chi connectivity index (χ0n) is 12.7. The zero-order chi connectivity index (χ0) is 16.5. The topological polar surface area (TPSA) is 59.9 Å². The highest BCUT2D eigenvalue weighted by Crippen LogP contribution is 2.22. The van der Waals surface area contributed by atoms with Crippen LogP contribution in [0, 0.1) is 0 Å². The number of hydrogen-bond acceptors (Lipinski definition) is 4. The van der Waals surface area contributed by atoms with Crippen LogP contribution in [0.2, 0.25) is 0 Å². The summed E-state index contributed by atoms with van der Waals surface area (Å²) in [6, 6.07) is 15.5. The molecule has 120 valence electrons. The summed E-state index contributed by atoms with van der Waals surface area (Å²) in [6.07, 6.45) is 0.924. The molecule has 0 heterocycles. The second kappa shape index (κ2) is 8.95. The van der Waals surface area contributed by atoms with Crippen molar-refractivity contribution in [2.45, 2.75) is 13.5 Å². The average Bonchev–Trinajstić information content (AvgIpc) is 2.55. The van der Waals surface area contributed by atoms with Crippen LogP contribution in [0.5, 0.6) is 5.75 Å². The standard InChI is InChI=1S/C17H17BrN2O3/c1-2-22-17(21)20-19-11-14-10-15(18)8-9-16(14)23-12-13-6-4-3-5-7-13/h3-11H,2,12H2,1H3,(H,20,21)/b19-11-. The summed E-state index contributed by atoms with van der Waals surface area (Å²) in [4.78, 5) is 11.2. The van der Waals surface area contributed by atoms with E-state index < -0.39 is 6.09 Å². The molecule has 1 N–H and O–H groups in total. The maximum Gasteiger partial charge on any atom is 0.427 e.